The minimum atomic E-state index is -0.390. The zero-order valence-corrected chi connectivity index (χ0v) is 13.1. The van der Waals surface area contributed by atoms with Crippen LogP contribution in [0.2, 0.25) is 0 Å². The standard InChI is InChI=1S/C15H20N4O4/c1-22-7-6-19-10-12(9-17-19)18-15(21)16-8-11-4-3-5-13(23-2)14(11)20/h3-5,9-10,20H,6-8H2,1-2H3,(H2,16,18,21). The first-order chi connectivity index (χ1) is 11.1. The monoisotopic (exact) mass is 320 g/mol. The predicted octanol–water partition coefficient (Wildman–Crippen LogP) is 1.57. The molecule has 0 aliphatic heterocycles. The van der Waals surface area contributed by atoms with Crippen LogP contribution in [0.5, 0.6) is 11.5 Å². The molecular weight excluding hydrogens is 300 g/mol. The zero-order valence-electron chi connectivity index (χ0n) is 13.1. The van der Waals surface area contributed by atoms with Crippen LogP contribution in [0.25, 0.3) is 0 Å². The van der Waals surface area contributed by atoms with Crippen LogP contribution in [-0.2, 0) is 17.8 Å². The summed E-state index contributed by atoms with van der Waals surface area (Å²) in [6.45, 7) is 1.33. The van der Waals surface area contributed by atoms with Crippen molar-refractivity contribution in [3.05, 3.63) is 36.2 Å². The lowest BCUT2D eigenvalue weighted by atomic mass is 10.2. The number of nitrogens with zero attached hydrogens (tertiary/aromatic N) is 2. The van der Waals surface area contributed by atoms with Gasteiger partial charge in [0.05, 0.1) is 32.1 Å². The number of aromatic nitrogens is 2. The third kappa shape index (κ3) is 4.62. The number of para-hydroxylation sites is 1. The van der Waals surface area contributed by atoms with Gasteiger partial charge in [-0.05, 0) is 6.07 Å². The molecule has 2 amide bonds. The fourth-order valence-electron chi connectivity index (χ4n) is 1.96. The number of hydrogen-bond donors (Lipinski definition) is 3. The van der Waals surface area contributed by atoms with Gasteiger partial charge in [-0.25, -0.2) is 4.79 Å². The first-order valence-corrected chi connectivity index (χ1v) is 7.05. The van der Waals surface area contributed by atoms with Gasteiger partial charge in [0.1, 0.15) is 0 Å². The lowest BCUT2D eigenvalue weighted by molar-refractivity contribution is 0.183. The maximum atomic E-state index is 11.9. The van der Waals surface area contributed by atoms with Gasteiger partial charge in [0.25, 0.3) is 0 Å². The molecule has 1 heterocycles. The molecule has 0 atom stereocenters. The van der Waals surface area contributed by atoms with Crippen LogP contribution in [0.4, 0.5) is 10.5 Å². The van der Waals surface area contributed by atoms with Crippen molar-refractivity contribution in [2.45, 2.75) is 13.1 Å². The lowest BCUT2D eigenvalue weighted by Gasteiger charge is -2.10. The van der Waals surface area contributed by atoms with Crippen molar-refractivity contribution in [3.8, 4) is 11.5 Å². The van der Waals surface area contributed by atoms with Crippen LogP contribution in [-0.4, -0.2) is 41.7 Å². The Morgan fingerprint density at radius 1 is 1.39 bits per heavy atom. The molecule has 0 bridgehead atoms. The van der Waals surface area contributed by atoms with Gasteiger partial charge in [-0.2, -0.15) is 5.10 Å². The van der Waals surface area contributed by atoms with Crippen molar-refractivity contribution in [2.24, 2.45) is 0 Å². The number of carbonyl (C=O) groups excluding carboxylic acids is 1. The minimum Gasteiger partial charge on any atom is -0.504 e. The Labute approximate surface area is 134 Å². The summed E-state index contributed by atoms with van der Waals surface area (Å²) in [5.74, 6) is 0.381. The average molecular weight is 320 g/mol. The van der Waals surface area contributed by atoms with Gasteiger partial charge in [0, 0.05) is 25.4 Å². The topological polar surface area (TPSA) is 97.6 Å². The fraction of sp³-hybridized carbons (Fsp3) is 0.333. The van der Waals surface area contributed by atoms with E-state index in [0.717, 1.165) is 0 Å². The molecule has 0 saturated heterocycles. The van der Waals surface area contributed by atoms with Gasteiger partial charge >= 0.3 is 6.03 Å². The number of hydrogen-bond acceptors (Lipinski definition) is 5. The van der Waals surface area contributed by atoms with E-state index < -0.39 is 6.03 Å². The highest BCUT2D eigenvalue weighted by Gasteiger charge is 2.09. The molecule has 0 aliphatic carbocycles. The molecule has 1 aromatic carbocycles. The van der Waals surface area contributed by atoms with Crippen LogP contribution in [0.15, 0.2) is 30.6 Å². The van der Waals surface area contributed by atoms with E-state index in [2.05, 4.69) is 15.7 Å². The van der Waals surface area contributed by atoms with Crippen LogP contribution >= 0.6 is 0 Å². The smallest absolute Gasteiger partial charge is 0.319 e. The quantitative estimate of drug-likeness (QED) is 0.719. The molecule has 8 heteroatoms. The van der Waals surface area contributed by atoms with Crippen LogP contribution in [0.1, 0.15) is 5.56 Å². The molecule has 23 heavy (non-hydrogen) atoms. The fourth-order valence-corrected chi connectivity index (χ4v) is 1.96. The second-order valence-electron chi connectivity index (χ2n) is 4.76. The highest BCUT2D eigenvalue weighted by Crippen LogP contribution is 2.29. The molecule has 0 fully saturated rings. The van der Waals surface area contributed by atoms with E-state index in [-0.39, 0.29) is 12.3 Å². The number of urea groups is 1. The Morgan fingerprint density at radius 2 is 2.22 bits per heavy atom. The van der Waals surface area contributed by atoms with Crippen molar-refractivity contribution in [1.29, 1.82) is 0 Å². The molecule has 0 spiro atoms. The Hall–Kier alpha value is -2.74. The largest absolute Gasteiger partial charge is 0.504 e. The summed E-state index contributed by atoms with van der Waals surface area (Å²) in [6, 6.07) is 4.71. The van der Waals surface area contributed by atoms with E-state index in [9.17, 15) is 9.90 Å². The number of anilines is 1. The Morgan fingerprint density at radius 3 is 2.96 bits per heavy atom. The first kappa shape index (κ1) is 16.6. The van der Waals surface area contributed by atoms with Crippen molar-refractivity contribution in [3.63, 3.8) is 0 Å². The Balaban J connectivity index is 1.87. The number of amides is 2. The Kier molecular flexibility index (Phi) is 5.81. The predicted molar refractivity (Wildman–Crippen MR) is 84.6 cm³/mol. The number of aromatic hydroxyl groups is 1. The minimum absolute atomic E-state index is 0.0164. The van der Waals surface area contributed by atoms with Gasteiger partial charge in [-0.15, -0.1) is 0 Å². The van der Waals surface area contributed by atoms with E-state index in [1.165, 1.54) is 7.11 Å². The molecule has 0 radical (unpaired) electrons. The molecule has 2 aromatic rings. The molecule has 1 aromatic heterocycles. The molecule has 2 rings (SSSR count). The van der Waals surface area contributed by atoms with Gasteiger partial charge in [-0.1, -0.05) is 12.1 Å². The van der Waals surface area contributed by atoms with Gasteiger partial charge in [0.15, 0.2) is 11.5 Å². The third-order valence-corrected chi connectivity index (χ3v) is 3.16. The van der Waals surface area contributed by atoms with Gasteiger partial charge < -0.3 is 25.2 Å². The van der Waals surface area contributed by atoms with Crippen molar-refractivity contribution in [1.82, 2.24) is 15.1 Å². The number of nitrogens with one attached hydrogen (secondary N) is 2. The molecule has 8 nitrogen and oxygen atoms in total. The van der Waals surface area contributed by atoms with Gasteiger partial charge in [0.2, 0.25) is 0 Å². The SMILES string of the molecule is COCCn1cc(NC(=O)NCc2cccc(OC)c2O)cn1. The van der Waals surface area contributed by atoms with Crippen LogP contribution in [0.3, 0.4) is 0 Å². The molecular formula is C15H20N4O4. The lowest BCUT2D eigenvalue weighted by Crippen LogP contribution is -2.28. The normalized spacial score (nSPS) is 10.3. The molecule has 0 saturated carbocycles. The molecule has 0 unspecified atom stereocenters. The zero-order chi connectivity index (χ0) is 16.7. The summed E-state index contributed by atoms with van der Waals surface area (Å²) in [4.78, 5) is 11.9. The summed E-state index contributed by atoms with van der Waals surface area (Å²) in [6.07, 6.45) is 3.26. The molecule has 0 aliphatic rings. The van der Waals surface area contributed by atoms with E-state index in [1.54, 1.807) is 42.4 Å². The number of rotatable bonds is 7. The summed E-state index contributed by atoms with van der Waals surface area (Å²) in [5, 5.41) is 19.4. The van der Waals surface area contributed by atoms with Crippen molar-refractivity contribution in [2.75, 3.05) is 26.1 Å². The van der Waals surface area contributed by atoms with E-state index in [0.29, 0.717) is 30.2 Å². The van der Waals surface area contributed by atoms with Crippen LogP contribution < -0.4 is 15.4 Å². The van der Waals surface area contributed by atoms with E-state index >= 15 is 0 Å². The number of methoxy groups -OCH3 is 2. The second-order valence-corrected chi connectivity index (χ2v) is 4.76. The summed E-state index contributed by atoms with van der Waals surface area (Å²) in [7, 11) is 3.09. The van der Waals surface area contributed by atoms with Crippen LogP contribution in [0, 0.1) is 0 Å². The Bertz CT molecular complexity index is 657. The van der Waals surface area contributed by atoms with E-state index in [4.69, 9.17) is 9.47 Å². The number of carbonyl (C=O) groups is 1. The van der Waals surface area contributed by atoms with Gasteiger partial charge in [-0.3, -0.25) is 4.68 Å². The summed E-state index contributed by atoms with van der Waals surface area (Å²) in [5.41, 5.74) is 1.14. The molecule has 124 valence electrons. The number of ether oxygens (including phenoxy) is 2. The highest BCUT2D eigenvalue weighted by molar-refractivity contribution is 5.88. The summed E-state index contributed by atoms with van der Waals surface area (Å²) >= 11 is 0. The second kappa shape index (κ2) is 8.04. The number of phenols is 1. The average Bonchev–Trinajstić information content (AvgIpc) is 2.99. The maximum absolute atomic E-state index is 11.9. The summed E-state index contributed by atoms with van der Waals surface area (Å²) < 4.78 is 11.7. The van der Waals surface area contributed by atoms with Crippen molar-refractivity contribution < 1.29 is 19.4 Å². The van der Waals surface area contributed by atoms with E-state index in [1.807, 2.05) is 0 Å². The maximum Gasteiger partial charge on any atom is 0.319 e. The number of benzene rings is 1. The highest BCUT2D eigenvalue weighted by atomic mass is 16.5. The molecule has 3 N–H and O–H groups in total. The van der Waals surface area contributed by atoms with Crippen molar-refractivity contribution >= 4 is 11.7 Å². The number of phenolic OH excluding ortho intramolecular Hbond substituents is 1. The first-order valence-electron chi connectivity index (χ1n) is 7.05. The third-order valence-electron chi connectivity index (χ3n) is 3.16.